The zero-order chi connectivity index (χ0) is 63.3. The molecule has 0 saturated carbocycles. The van der Waals surface area contributed by atoms with Crippen LogP contribution in [0.5, 0.6) is 23.0 Å². The number of benzene rings is 13. The highest BCUT2D eigenvalue weighted by molar-refractivity contribution is 7.02. The van der Waals surface area contributed by atoms with E-state index in [2.05, 4.69) is 335 Å². The Morgan fingerprint density at radius 2 is 0.731 bits per heavy atom. The van der Waals surface area contributed by atoms with E-state index in [9.17, 15) is 1.37 Å². The van der Waals surface area contributed by atoms with Gasteiger partial charge < -0.3 is 23.8 Å². The number of ether oxygens (including phenoxy) is 2. The summed E-state index contributed by atoms with van der Waals surface area (Å²) in [6.45, 7) is 12.9. The van der Waals surface area contributed by atoms with Crippen LogP contribution in [0.15, 0.2) is 285 Å². The van der Waals surface area contributed by atoms with Crippen LogP contribution in [0.2, 0.25) is 0 Å². The fraction of sp³-hybridized carbons (Fsp3) is 0.0930. The maximum Gasteiger partial charge on any atom is 0.256 e. The van der Waals surface area contributed by atoms with Crippen LogP contribution in [0, 0.1) is 0 Å². The standard InChI is InChI=1S/C86H65B2N3O2/c1-85(2,3)58-47-75-81-79(49-58)93-78-53-74-69(52-70(78)87(81)67-41-21-24-44-73(67)90(75)83-61(54-27-11-7-12-28-54)37-25-38-62(83)55-29-13-8-14-30-55)88-68-46-45-60(89-71-42-22-19-35-65(71)66-36-20-23-43-72(66)89)51-77(68)92-80-50-59(86(4,5)6)48-76(82(80)88)91(74)84-63(56-31-15-9-16-32-56)39-26-40-64(84)57-33-17-10-18-34-57/h7-53H,1-6H3/i52D. The van der Waals surface area contributed by atoms with Gasteiger partial charge in [-0.2, -0.15) is 0 Å². The lowest BCUT2D eigenvalue weighted by atomic mass is 9.31. The van der Waals surface area contributed by atoms with Crippen molar-refractivity contribution >= 4 is 102 Å². The third kappa shape index (κ3) is 8.56. The molecule has 0 amide bonds. The highest BCUT2D eigenvalue weighted by atomic mass is 16.5. The van der Waals surface area contributed by atoms with Gasteiger partial charge in [-0.25, -0.2) is 0 Å². The number of hydrogen-bond acceptors (Lipinski definition) is 4. The molecular formula is C86H65B2N3O2. The van der Waals surface area contributed by atoms with Crippen molar-refractivity contribution in [1.29, 1.82) is 0 Å². The molecule has 93 heavy (non-hydrogen) atoms. The lowest BCUT2D eigenvalue weighted by Crippen LogP contribution is -2.63. The monoisotopic (exact) mass is 1190 g/mol. The van der Waals surface area contributed by atoms with E-state index >= 15 is 0 Å². The Morgan fingerprint density at radius 3 is 1.20 bits per heavy atom. The molecule has 14 aromatic rings. The summed E-state index contributed by atoms with van der Waals surface area (Å²) in [5.41, 5.74) is 25.8. The molecule has 5 nitrogen and oxygen atoms in total. The van der Waals surface area contributed by atoms with E-state index < -0.39 is 13.4 Å². The van der Waals surface area contributed by atoms with Crippen molar-refractivity contribution in [3.8, 4) is 73.2 Å². The van der Waals surface area contributed by atoms with Gasteiger partial charge in [-0.05, 0) is 126 Å². The lowest BCUT2D eigenvalue weighted by Gasteiger charge is -2.45. The number of rotatable bonds is 7. The van der Waals surface area contributed by atoms with E-state index in [0.29, 0.717) is 11.8 Å². The molecule has 442 valence electrons. The van der Waals surface area contributed by atoms with Gasteiger partial charge >= 0.3 is 0 Å². The second-order valence-electron chi connectivity index (χ2n) is 27.4. The van der Waals surface area contributed by atoms with Crippen molar-refractivity contribution in [3.63, 3.8) is 0 Å². The Labute approximate surface area is 546 Å². The van der Waals surface area contributed by atoms with Crippen LogP contribution in [0.1, 0.15) is 54.0 Å². The van der Waals surface area contributed by atoms with Gasteiger partial charge in [-0.15, -0.1) is 0 Å². The first-order valence-corrected chi connectivity index (χ1v) is 32.5. The topological polar surface area (TPSA) is 29.9 Å². The quantitative estimate of drug-likeness (QED) is 0.149. The van der Waals surface area contributed by atoms with Gasteiger partial charge in [0, 0.05) is 73.6 Å². The Morgan fingerprint density at radius 1 is 0.323 bits per heavy atom. The van der Waals surface area contributed by atoms with Crippen molar-refractivity contribution in [2.45, 2.75) is 52.4 Å². The van der Waals surface area contributed by atoms with E-state index in [4.69, 9.17) is 9.47 Å². The summed E-state index contributed by atoms with van der Waals surface area (Å²) in [6.07, 6.45) is 0. The summed E-state index contributed by atoms with van der Waals surface area (Å²) in [6, 6.07) is 102. The van der Waals surface area contributed by atoms with E-state index in [1.54, 1.807) is 0 Å². The van der Waals surface area contributed by atoms with Gasteiger partial charge in [0.25, 0.3) is 13.4 Å². The predicted molar refractivity (Wildman–Crippen MR) is 392 cm³/mol. The van der Waals surface area contributed by atoms with E-state index in [-0.39, 0.29) is 10.8 Å². The molecule has 0 N–H and O–H groups in total. The summed E-state index contributed by atoms with van der Waals surface area (Å²) in [5, 5.41) is 2.39. The van der Waals surface area contributed by atoms with Crippen molar-refractivity contribution in [2.24, 2.45) is 0 Å². The molecule has 4 aliphatic rings. The minimum absolute atomic E-state index is 0.277. The maximum absolute atomic E-state index is 11.7. The molecule has 4 aliphatic heterocycles. The fourth-order valence-electron chi connectivity index (χ4n) is 15.4. The summed E-state index contributed by atoms with van der Waals surface area (Å²) in [7, 11) is 0. The third-order valence-corrected chi connectivity index (χ3v) is 19.9. The predicted octanol–water partition coefficient (Wildman–Crippen LogP) is 18.9. The molecule has 13 aromatic carbocycles. The molecule has 1 aromatic heterocycles. The average molecular weight is 1200 g/mol. The van der Waals surface area contributed by atoms with Crippen LogP contribution < -0.4 is 52.1 Å². The highest BCUT2D eigenvalue weighted by Crippen LogP contribution is 2.53. The highest BCUT2D eigenvalue weighted by Gasteiger charge is 2.49. The van der Waals surface area contributed by atoms with E-state index in [1.807, 2.05) is 0 Å². The van der Waals surface area contributed by atoms with Gasteiger partial charge in [0.15, 0.2) is 0 Å². The summed E-state index contributed by atoms with van der Waals surface area (Å²) in [4.78, 5) is 5.01. The number of nitrogens with zero attached hydrogens (tertiary/aromatic N) is 3. The molecule has 0 radical (unpaired) electrons. The molecule has 0 atom stereocenters. The van der Waals surface area contributed by atoms with Gasteiger partial charge in [0.2, 0.25) is 0 Å². The molecule has 0 bridgehead atoms. The Balaban J connectivity index is 0.949. The molecule has 7 heteroatoms. The Kier molecular flexibility index (Phi) is 12.0. The number of aromatic nitrogens is 1. The molecule has 0 aliphatic carbocycles. The number of hydrogen-bond donors (Lipinski definition) is 0. The van der Waals surface area contributed by atoms with Gasteiger partial charge in [-0.1, -0.05) is 266 Å². The maximum atomic E-state index is 11.7. The first-order valence-electron chi connectivity index (χ1n) is 33.0. The lowest BCUT2D eigenvalue weighted by molar-refractivity contribution is 0.482. The van der Waals surface area contributed by atoms with Crippen molar-refractivity contribution in [2.75, 3.05) is 9.80 Å². The van der Waals surface area contributed by atoms with Gasteiger partial charge in [0.1, 0.15) is 23.0 Å². The number of anilines is 6. The minimum Gasteiger partial charge on any atom is -0.458 e. The van der Waals surface area contributed by atoms with Crippen molar-refractivity contribution < 1.29 is 10.8 Å². The minimum atomic E-state index is -0.436. The summed E-state index contributed by atoms with van der Waals surface area (Å²) >= 11 is 0. The van der Waals surface area contributed by atoms with Crippen LogP contribution in [0.25, 0.3) is 72.0 Å². The Bertz CT molecular complexity index is 5270. The van der Waals surface area contributed by atoms with Crippen LogP contribution in [0.3, 0.4) is 0 Å². The molecule has 0 spiro atoms. The number of para-hydroxylation sites is 5. The third-order valence-electron chi connectivity index (χ3n) is 19.9. The number of fused-ring (bicyclic) bond motifs is 11. The molecular weight excluding hydrogens is 1130 g/mol. The smallest absolute Gasteiger partial charge is 0.256 e. The Hall–Kier alpha value is -11.0. The normalized spacial score (nSPS) is 13.5. The molecule has 0 fully saturated rings. The van der Waals surface area contributed by atoms with Gasteiger partial charge in [0.05, 0.1) is 23.8 Å². The largest absolute Gasteiger partial charge is 0.458 e. The average Bonchev–Trinajstić information content (AvgIpc) is 0.727. The second kappa shape index (κ2) is 20.8. The zero-order valence-corrected chi connectivity index (χ0v) is 52.9. The first kappa shape index (κ1) is 53.8. The van der Waals surface area contributed by atoms with E-state index in [0.717, 1.165) is 157 Å². The van der Waals surface area contributed by atoms with Gasteiger partial charge in [-0.3, -0.25) is 0 Å². The van der Waals surface area contributed by atoms with Crippen LogP contribution >= 0.6 is 0 Å². The first-order chi connectivity index (χ1) is 45.9. The second-order valence-corrected chi connectivity index (χ2v) is 27.4. The molecule has 5 heterocycles. The fourth-order valence-corrected chi connectivity index (χ4v) is 15.4. The van der Waals surface area contributed by atoms with Crippen LogP contribution in [-0.2, 0) is 10.8 Å². The molecule has 18 rings (SSSR count). The summed E-state index contributed by atoms with van der Waals surface area (Å²) in [5.74, 6) is 3.02. The molecule has 0 unspecified atom stereocenters. The molecule has 0 saturated heterocycles. The zero-order valence-electron chi connectivity index (χ0n) is 53.9. The SMILES string of the molecule is [2H]c1c2c(cc3c1B1c4ccc(-n5c6ccccc6c6ccccc65)cc4Oc4cc(C(C)(C)C)cc(c41)N3c1c(-c3ccccc3)cccc1-c1ccccc1)Oc1cc(C(C)(C)C)cc3c1B2c1ccccc1N3c1c(-c2ccccc2)cccc1-c1ccccc1. The van der Waals surface area contributed by atoms with Crippen molar-refractivity contribution in [1.82, 2.24) is 4.57 Å². The van der Waals surface area contributed by atoms with Crippen LogP contribution in [0.4, 0.5) is 34.1 Å². The van der Waals surface area contributed by atoms with E-state index in [1.165, 1.54) is 10.8 Å². The van der Waals surface area contributed by atoms with Crippen LogP contribution in [-0.4, -0.2) is 18.0 Å². The summed E-state index contributed by atoms with van der Waals surface area (Å²) < 4.78 is 29.5. The van der Waals surface area contributed by atoms with Crippen molar-refractivity contribution in [3.05, 3.63) is 296 Å².